The highest BCUT2D eigenvalue weighted by atomic mass is 79.9. The summed E-state index contributed by atoms with van der Waals surface area (Å²) in [5.41, 5.74) is 0.720. The van der Waals surface area contributed by atoms with Crippen molar-refractivity contribution in [2.24, 2.45) is 5.14 Å². The summed E-state index contributed by atoms with van der Waals surface area (Å²) in [5, 5.41) is 4.52. The molecule has 0 spiro atoms. The van der Waals surface area contributed by atoms with Gasteiger partial charge in [-0.05, 0) is 18.1 Å². The van der Waals surface area contributed by atoms with Gasteiger partial charge in [-0.1, -0.05) is 41.1 Å². The zero-order valence-corrected chi connectivity index (χ0v) is 10.2. The third kappa shape index (κ3) is 2.56. The van der Waals surface area contributed by atoms with Gasteiger partial charge < -0.3 is 0 Å². The number of rotatable bonds is 3. The molecule has 0 saturated carbocycles. The van der Waals surface area contributed by atoms with Gasteiger partial charge in [-0.3, -0.25) is 0 Å². The van der Waals surface area contributed by atoms with Crippen LogP contribution in [0.25, 0.3) is 0 Å². The van der Waals surface area contributed by atoms with Crippen LogP contribution in [0.1, 0.15) is 24.2 Å². The van der Waals surface area contributed by atoms with Crippen molar-refractivity contribution < 1.29 is 8.42 Å². The van der Waals surface area contributed by atoms with E-state index in [1.165, 1.54) is 0 Å². The van der Waals surface area contributed by atoms with Gasteiger partial charge in [-0.15, -0.1) is 0 Å². The van der Waals surface area contributed by atoms with Crippen LogP contribution in [0.3, 0.4) is 0 Å². The molecule has 0 saturated heterocycles. The maximum Gasteiger partial charge on any atom is 0.216 e. The van der Waals surface area contributed by atoms with E-state index in [1.54, 1.807) is 19.1 Å². The second-order valence-corrected chi connectivity index (χ2v) is 5.61. The van der Waals surface area contributed by atoms with E-state index in [0.717, 1.165) is 10.0 Å². The molecule has 78 valence electrons. The molecule has 1 rings (SSSR count). The number of nitrogens with two attached hydrogens (primary N) is 1. The Morgan fingerprint density at radius 3 is 2.43 bits per heavy atom. The Balaban J connectivity index is 3.21. The van der Waals surface area contributed by atoms with Gasteiger partial charge in [0.05, 0.1) is 0 Å². The van der Waals surface area contributed by atoms with Crippen molar-refractivity contribution >= 4 is 26.0 Å². The van der Waals surface area contributed by atoms with E-state index < -0.39 is 15.3 Å². The first-order valence-corrected chi connectivity index (χ1v) is 6.63. The van der Waals surface area contributed by atoms with Crippen LogP contribution in [0.2, 0.25) is 0 Å². The van der Waals surface area contributed by atoms with Crippen molar-refractivity contribution in [1.82, 2.24) is 0 Å². The molecule has 0 aliphatic carbocycles. The average Bonchev–Trinajstić information content (AvgIpc) is 2.07. The average molecular weight is 278 g/mol. The summed E-state index contributed by atoms with van der Waals surface area (Å²) in [6, 6.07) is 7.21. The molecular weight excluding hydrogens is 266 g/mol. The van der Waals surface area contributed by atoms with Crippen molar-refractivity contribution in [3.8, 4) is 0 Å². The lowest BCUT2D eigenvalue weighted by molar-refractivity contribution is 0.580. The summed E-state index contributed by atoms with van der Waals surface area (Å²) >= 11 is 3.31. The maximum atomic E-state index is 11.3. The van der Waals surface area contributed by atoms with E-state index in [1.807, 2.05) is 12.1 Å². The van der Waals surface area contributed by atoms with Gasteiger partial charge in [0.1, 0.15) is 5.25 Å². The van der Waals surface area contributed by atoms with E-state index >= 15 is 0 Å². The van der Waals surface area contributed by atoms with E-state index in [-0.39, 0.29) is 0 Å². The van der Waals surface area contributed by atoms with Gasteiger partial charge in [0.15, 0.2) is 0 Å². The van der Waals surface area contributed by atoms with E-state index in [9.17, 15) is 8.42 Å². The normalized spacial score (nSPS) is 13.9. The first-order chi connectivity index (χ1) is 6.46. The second-order valence-electron chi connectivity index (χ2n) is 3.01. The molecule has 1 atom stereocenters. The first-order valence-electron chi connectivity index (χ1n) is 4.23. The van der Waals surface area contributed by atoms with E-state index in [0.29, 0.717) is 6.42 Å². The molecule has 0 fully saturated rings. The van der Waals surface area contributed by atoms with Gasteiger partial charge in [0.2, 0.25) is 10.0 Å². The fourth-order valence-electron chi connectivity index (χ4n) is 1.37. The van der Waals surface area contributed by atoms with Crippen LogP contribution in [0.4, 0.5) is 0 Å². The molecule has 0 radical (unpaired) electrons. The van der Waals surface area contributed by atoms with Gasteiger partial charge in [-0.2, -0.15) is 0 Å². The van der Waals surface area contributed by atoms with Gasteiger partial charge >= 0.3 is 0 Å². The van der Waals surface area contributed by atoms with Crippen LogP contribution in [-0.4, -0.2) is 8.42 Å². The van der Waals surface area contributed by atoms with Crippen molar-refractivity contribution in [2.75, 3.05) is 0 Å². The molecule has 0 aliphatic rings. The number of hydrogen-bond donors (Lipinski definition) is 1. The number of hydrogen-bond acceptors (Lipinski definition) is 2. The molecule has 1 aromatic carbocycles. The Morgan fingerprint density at radius 2 is 2.00 bits per heavy atom. The fourth-order valence-corrected chi connectivity index (χ4v) is 3.10. The molecule has 0 aromatic heterocycles. The van der Waals surface area contributed by atoms with Crippen molar-refractivity contribution in [2.45, 2.75) is 18.6 Å². The zero-order valence-electron chi connectivity index (χ0n) is 7.77. The topological polar surface area (TPSA) is 60.2 Å². The Labute approximate surface area is 92.5 Å². The molecule has 0 amide bonds. The van der Waals surface area contributed by atoms with Crippen molar-refractivity contribution in [3.05, 3.63) is 34.3 Å². The highest BCUT2D eigenvalue weighted by Gasteiger charge is 2.22. The van der Waals surface area contributed by atoms with Crippen LogP contribution in [-0.2, 0) is 10.0 Å². The minimum Gasteiger partial charge on any atom is -0.228 e. The highest BCUT2D eigenvalue weighted by molar-refractivity contribution is 9.10. The number of halogens is 1. The predicted octanol–water partition coefficient (Wildman–Crippen LogP) is 2.19. The quantitative estimate of drug-likeness (QED) is 0.921. The highest BCUT2D eigenvalue weighted by Crippen LogP contribution is 2.29. The maximum absolute atomic E-state index is 11.3. The van der Waals surface area contributed by atoms with E-state index in [2.05, 4.69) is 15.9 Å². The smallest absolute Gasteiger partial charge is 0.216 e. The molecule has 2 N–H and O–H groups in total. The number of benzene rings is 1. The molecule has 0 heterocycles. The van der Waals surface area contributed by atoms with Crippen LogP contribution >= 0.6 is 15.9 Å². The summed E-state index contributed by atoms with van der Waals surface area (Å²) in [5.74, 6) is 0. The van der Waals surface area contributed by atoms with Gasteiger partial charge in [0, 0.05) is 4.47 Å². The molecular formula is C9H12BrNO2S. The fraction of sp³-hybridized carbons (Fsp3) is 0.333. The largest absolute Gasteiger partial charge is 0.228 e. The summed E-state index contributed by atoms with van der Waals surface area (Å²) in [7, 11) is -3.52. The van der Waals surface area contributed by atoms with Gasteiger partial charge in [0.25, 0.3) is 0 Å². The standard InChI is InChI=1S/C9H12BrNO2S/c1-2-9(14(11,12)13)7-5-3-4-6-8(7)10/h3-6,9H,2H2,1H3,(H2,11,12,13). The minimum atomic E-state index is -3.52. The molecule has 0 aliphatic heterocycles. The molecule has 14 heavy (non-hydrogen) atoms. The van der Waals surface area contributed by atoms with Crippen LogP contribution in [0.15, 0.2) is 28.7 Å². The van der Waals surface area contributed by atoms with E-state index in [4.69, 9.17) is 5.14 Å². The minimum absolute atomic E-state index is 0.474. The van der Waals surface area contributed by atoms with Crippen LogP contribution in [0, 0.1) is 0 Å². The summed E-state index contributed by atoms with van der Waals surface area (Å²) in [4.78, 5) is 0. The lowest BCUT2D eigenvalue weighted by atomic mass is 10.1. The third-order valence-electron chi connectivity index (χ3n) is 2.02. The summed E-state index contributed by atoms with van der Waals surface area (Å²) < 4.78 is 23.3. The molecule has 0 bridgehead atoms. The Bertz CT molecular complexity index is 417. The lowest BCUT2D eigenvalue weighted by Gasteiger charge is -2.14. The molecule has 1 aromatic rings. The SMILES string of the molecule is CCC(c1ccccc1Br)S(N)(=O)=O. The molecule has 3 nitrogen and oxygen atoms in total. The van der Waals surface area contributed by atoms with Crippen LogP contribution in [0.5, 0.6) is 0 Å². The van der Waals surface area contributed by atoms with Crippen molar-refractivity contribution in [3.63, 3.8) is 0 Å². The first kappa shape index (κ1) is 11.7. The Kier molecular flexibility index (Phi) is 3.69. The molecule has 1 unspecified atom stereocenters. The Morgan fingerprint density at radius 1 is 1.43 bits per heavy atom. The van der Waals surface area contributed by atoms with Crippen molar-refractivity contribution in [1.29, 1.82) is 0 Å². The molecule has 5 heteroatoms. The predicted molar refractivity (Wildman–Crippen MR) is 60.3 cm³/mol. The lowest BCUT2D eigenvalue weighted by Crippen LogP contribution is -2.21. The summed E-state index contributed by atoms with van der Waals surface area (Å²) in [6.45, 7) is 1.80. The summed E-state index contributed by atoms with van der Waals surface area (Å²) in [6.07, 6.45) is 0.474. The zero-order chi connectivity index (χ0) is 10.8. The monoisotopic (exact) mass is 277 g/mol. The number of sulfonamides is 1. The Hall–Kier alpha value is -0.390. The number of primary sulfonamides is 1. The van der Waals surface area contributed by atoms with Crippen LogP contribution < -0.4 is 5.14 Å². The van der Waals surface area contributed by atoms with Gasteiger partial charge in [-0.25, -0.2) is 13.6 Å². The second kappa shape index (κ2) is 4.42. The third-order valence-corrected chi connectivity index (χ3v) is 4.12.